The van der Waals surface area contributed by atoms with Gasteiger partial charge in [0, 0.05) is 12.2 Å². The van der Waals surface area contributed by atoms with Crippen molar-refractivity contribution in [1.29, 1.82) is 5.26 Å². The number of rotatable bonds is 3. The van der Waals surface area contributed by atoms with E-state index in [2.05, 4.69) is 16.4 Å². The highest BCUT2D eigenvalue weighted by molar-refractivity contribution is 5.36. The zero-order chi connectivity index (χ0) is 12.1. The minimum atomic E-state index is 0.144. The Kier molecular flexibility index (Phi) is 3.94. The number of hydrogen-bond donors (Lipinski definition) is 1. The molecule has 17 heavy (non-hydrogen) atoms. The lowest BCUT2D eigenvalue weighted by atomic mass is 9.92. The van der Waals surface area contributed by atoms with Crippen LogP contribution in [0.1, 0.15) is 31.4 Å². The molecule has 90 valence electrons. The molecule has 1 aromatic heterocycles. The molecule has 1 fully saturated rings. The number of ether oxygens (including phenoxy) is 1. The molecule has 1 aromatic rings. The van der Waals surface area contributed by atoms with Crippen molar-refractivity contribution in [3.05, 3.63) is 24.0 Å². The first-order chi connectivity index (χ1) is 8.35. The topological polar surface area (TPSA) is 57.9 Å². The minimum absolute atomic E-state index is 0.144. The summed E-state index contributed by atoms with van der Waals surface area (Å²) >= 11 is 0. The summed E-state index contributed by atoms with van der Waals surface area (Å²) in [4.78, 5) is 4.01. The second-order valence-corrected chi connectivity index (χ2v) is 4.30. The van der Waals surface area contributed by atoms with Crippen LogP contribution in [0.5, 0.6) is 5.75 Å². The van der Waals surface area contributed by atoms with Crippen LogP contribution in [-0.4, -0.2) is 24.2 Å². The number of likely N-dealkylation sites (N-methyl/N-ethyl adjacent to an activating group) is 1. The Morgan fingerprint density at radius 3 is 3.06 bits per heavy atom. The van der Waals surface area contributed by atoms with E-state index in [-0.39, 0.29) is 6.10 Å². The van der Waals surface area contributed by atoms with E-state index < -0.39 is 0 Å². The van der Waals surface area contributed by atoms with Gasteiger partial charge in [-0.3, -0.25) is 0 Å². The lowest BCUT2D eigenvalue weighted by molar-refractivity contribution is 0.117. The van der Waals surface area contributed by atoms with Gasteiger partial charge in [-0.05, 0) is 38.4 Å². The molecule has 1 saturated carbocycles. The first-order valence-corrected chi connectivity index (χ1v) is 6.04. The van der Waals surface area contributed by atoms with Crippen LogP contribution in [0.25, 0.3) is 0 Å². The number of aromatic nitrogens is 1. The molecule has 0 aromatic carbocycles. The number of nitrogens with zero attached hydrogens (tertiary/aromatic N) is 2. The van der Waals surface area contributed by atoms with Gasteiger partial charge in [-0.2, -0.15) is 5.26 Å². The molecule has 1 N–H and O–H groups in total. The van der Waals surface area contributed by atoms with E-state index in [0.717, 1.165) is 12.8 Å². The van der Waals surface area contributed by atoms with E-state index >= 15 is 0 Å². The molecule has 1 aliphatic rings. The molecule has 0 spiro atoms. The van der Waals surface area contributed by atoms with Gasteiger partial charge >= 0.3 is 0 Å². The maximum atomic E-state index is 8.96. The molecule has 0 radical (unpaired) electrons. The summed E-state index contributed by atoms with van der Waals surface area (Å²) in [5.74, 6) is 0.599. The van der Waals surface area contributed by atoms with Crippen LogP contribution in [0.2, 0.25) is 0 Å². The van der Waals surface area contributed by atoms with Crippen LogP contribution in [0, 0.1) is 11.3 Å². The van der Waals surface area contributed by atoms with E-state index in [1.54, 1.807) is 12.3 Å². The first-order valence-electron chi connectivity index (χ1n) is 6.04. The molecule has 1 aliphatic carbocycles. The number of nitrogens with one attached hydrogen (secondary N) is 1. The van der Waals surface area contributed by atoms with Crippen molar-refractivity contribution in [1.82, 2.24) is 10.3 Å². The summed E-state index contributed by atoms with van der Waals surface area (Å²) in [5, 5.41) is 12.2. The summed E-state index contributed by atoms with van der Waals surface area (Å²) in [6, 6.07) is 6.04. The lowest BCUT2D eigenvalue weighted by Gasteiger charge is -2.31. The van der Waals surface area contributed by atoms with Crippen LogP contribution in [0.15, 0.2) is 18.3 Å². The van der Waals surface area contributed by atoms with Crippen molar-refractivity contribution in [2.24, 2.45) is 0 Å². The number of pyridine rings is 1. The van der Waals surface area contributed by atoms with Gasteiger partial charge in [-0.25, -0.2) is 4.98 Å². The summed E-state index contributed by atoms with van der Waals surface area (Å²) < 4.78 is 5.93. The van der Waals surface area contributed by atoms with Crippen molar-refractivity contribution in [2.45, 2.75) is 37.8 Å². The summed E-state index contributed by atoms with van der Waals surface area (Å²) in [6.45, 7) is 0. The van der Waals surface area contributed by atoms with Gasteiger partial charge in [0.2, 0.25) is 0 Å². The Morgan fingerprint density at radius 1 is 1.47 bits per heavy atom. The molecule has 0 bridgehead atoms. The Bertz CT molecular complexity index is 413. The molecule has 2 rings (SSSR count). The summed E-state index contributed by atoms with van der Waals surface area (Å²) in [6.07, 6.45) is 6.34. The van der Waals surface area contributed by atoms with E-state index in [4.69, 9.17) is 10.00 Å². The molecular formula is C13H17N3O. The van der Waals surface area contributed by atoms with Crippen molar-refractivity contribution in [3.63, 3.8) is 0 Å². The quantitative estimate of drug-likeness (QED) is 0.862. The monoisotopic (exact) mass is 231 g/mol. The van der Waals surface area contributed by atoms with Crippen LogP contribution < -0.4 is 10.1 Å². The predicted molar refractivity (Wildman–Crippen MR) is 64.7 cm³/mol. The largest absolute Gasteiger partial charge is 0.486 e. The van der Waals surface area contributed by atoms with Gasteiger partial charge in [0.15, 0.2) is 11.4 Å². The van der Waals surface area contributed by atoms with Crippen LogP contribution >= 0.6 is 0 Å². The normalized spacial score (nSPS) is 24.0. The first kappa shape index (κ1) is 11.9. The zero-order valence-electron chi connectivity index (χ0n) is 10.0. The average Bonchev–Trinajstić information content (AvgIpc) is 2.40. The lowest BCUT2D eigenvalue weighted by Crippen LogP contribution is -2.43. The van der Waals surface area contributed by atoms with E-state index in [1.165, 1.54) is 12.8 Å². The summed E-state index contributed by atoms with van der Waals surface area (Å²) in [7, 11) is 1.96. The van der Waals surface area contributed by atoms with Crippen molar-refractivity contribution in [2.75, 3.05) is 7.05 Å². The Balaban J connectivity index is 2.11. The van der Waals surface area contributed by atoms with Crippen LogP contribution in [0.4, 0.5) is 0 Å². The smallest absolute Gasteiger partial charge is 0.182 e. The third-order valence-corrected chi connectivity index (χ3v) is 3.23. The molecule has 0 saturated heterocycles. The maximum Gasteiger partial charge on any atom is 0.182 e. The molecule has 4 nitrogen and oxygen atoms in total. The van der Waals surface area contributed by atoms with Crippen molar-refractivity contribution < 1.29 is 4.74 Å². The van der Waals surface area contributed by atoms with Crippen LogP contribution in [0.3, 0.4) is 0 Å². The van der Waals surface area contributed by atoms with Crippen molar-refractivity contribution in [3.8, 4) is 11.8 Å². The van der Waals surface area contributed by atoms with Crippen LogP contribution in [-0.2, 0) is 0 Å². The molecule has 4 heteroatoms. The SMILES string of the molecule is CNC1CCCCC1Oc1cccnc1C#N. The minimum Gasteiger partial charge on any atom is -0.486 e. The highest BCUT2D eigenvalue weighted by Gasteiger charge is 2.26. The fourth-order valence-corrected chi connectivity index (χ4v) is 2.30. The maximum absolute atomic E-state index is 8.96. The fraction of sp³-hybridized carbons (Fsp3) is 0.538. The molecule has 2 atom stereocenters. The van der Waals surface area contributed by atoms with Gasteiger partial charge in [-0.1, -0.05) is 6.42 Å². The van der Waals surface area contributed by atoms with Gasteiger partial charge in [0.05, 0.1) is 0 Å². The fourth-order valence-electron chi connectivity index (χ4n) is 2.30. The second-order valence-electron chi connectivity index (χ2n) is 4.30. The molecule has 1 heterocycles. The van der Waals surface area contributed by atoms with Gasteiger partial charge in [-0.15, -0.1) is 0 Å². The van der Waals surface area contributed by atoms with E-state index in [0.29, 0.717) is 17.5 Å². The highest BCUT2D eigenvalue weighted by Crippen LogP contribution is 2.24. The Hall–Kier alpha value is -1.60. The van der Waals surface area contributed by atoms with Gasteiger partial charge < -0.3 is 10.1 Å². The third kappa shape index (κ3) is 2.75. The number of hydrogen-bond acceptors (Lipinski definition) is 4. The molecule has 0 amide bonds. The van der Waals surface area contributed by atoms with Crippen molar-refractivity contribution >= 4 is 0 Å². The predicted octanol–water partition coefficient (Wildman–Crippen LogP) is 1.86. The average molecular weight is 231 g/mol. The Labute approximate surface area is 102 Å². The van der Waals surface area contributed by atoms with Gasteiger partial charge in [0.25, 0.3) is 0 Å². The summed E-state index contributed by atoms with van der Waals surface area (Å²) in [5.41, 5.74) is 0.368. The Morgan fingerprint density at radius 2 is 2.29 bits per heavy atom. The highest BCUT2D eigenvalue weighted by atomic mass is 16.5. The second kappa shape index (κ2) is 5.65. The zero-order valence-corrected chi connectivity index (χ0v) is 10.0. The number of nitriles is 1. The van der Waals surface area contributed by atoms with Gasteiger partial charge in [0.1, 0.15) is 12.2 Å². The van der Waals surface area contributed by atoms with E-state index in [1.807, 2.05) is 13.1 Å². The molecule has 2 unspecified atom stereocenters. The molecular weight excluding hydrogens is 214 g/mol. The standard InChI is InChI=1S/C13H17N3O/c1-15-10-5-2-3-6-12(10)17-13-7-4-8-16-11(13)9-14/h4,7-8,10,12,15H,2-3,5-6H2,1H3. The van der Waals surface area contributed by atoms with E-state index in [9.17, 15) is 0 Å². The molecule has 0 aliphatic heterocycles. The third-order valence-electron chi connectivity index (χ3n) is 3.23.